The van der Waals surface area contributed by atoms with E-state index in [9.17, 15) is 19.8 Å². The van der Waals surface area contributed by atoms with E-state index in [0.717, 1.165) is 19.3 Å². The van der Waals surface area contributed by atoms with E-state index < -0.39 is 18.2 Å². The first-order chi connectivity index (χ1) is 12.9. The highest BCUT2D eigenvalue weighted by atomic mass is 35.5. The van der Waals surface area contributed by atoms with Crippen LogP contribution in [0.4, 0.5) is 0 Å². The molecule has 1 aliphatic rings. The smallest absolute Gasteiger partial charge is 0.303 e. The molecule has 6 heteroatoms. The highest BCUT2D eigenvalue weighted by molar-refractivity contribution is 6.30. The topological polar surface area (TPSA) is 94.8 Å². The van der Waals surface area contributed by atoms with E-state index in [1.165, 1.54) is 0 Å². The van der Waals surface area contributed by atoms with Gasteiger partial charge in [0.25, 0.3) is 0 Å². The lowest BCUT2D eigenvalue weighted by molar-refractivity contribution is -0.137. The van der Waals surface area contributed by atoms with Gasteiger partial charge in [0.2, 0.25) is 0 Å². The Morgan fingerprint density at radius 1 is 1.19 bits per heavy atom. The van der Waals surface area contributed by atoms with E-state index in [0.29, 0.717) is 23.4 Å². The van der Waals surface area contributed by atoms with Crippen molar-refractivity contribution in [2.45, 2.75) is 57.2 Å². The maximum Gasteiger partial charge on any atom is 0.303 e. The minimum Gasteiger partial charge on any atom is -0.481 e. The maximum atomic E-state index is 12.2. The second-order valence-corrected chi connectivity index (χ2v) is 7.59. The van der Waals surface area contributed by atoms with Gasteiger partial charge < -0.3 is 15.3 Å². The van der Waals surface area contributed by atoms with Gasteiger partial charge in [-0.2, -0.15) is 0 Å². The standard InChI is InChI=1S/C21H27ClO5/c22-15-9-7-14(8-10-15)18(23)12-11-17-16(19(24)13-20(17)25)5-3-1-2-4-6-21(26)27/h7-12,16-19,23-24H,1-6,13H2,(H,26,27)/b12-11+/t16-,17-,18-,19+/m1/s1. The highest BCUT2D eigenvalue weighted by Gasteiger charge is 2.39. The minimum atomic E-state index is -0.829. The molecule has 1 aromatic rings. The summed E-state index contributed by atoms with van der Waals surface area (Å²) in [5.41, 5.74) is 0.691. The average molecular weight is 395 g/mol. The maximum absolute atomic E-state index is 12.2. The number of carbonyl (C=O) groups is 2. The molecule has 1 aromatic carbocycles. The van der Waals surface area contributed by atoms with Crippen LogP contribution in [0, 0.1) is 11.8 Å². The number of aliphatic hydroxyl groups is 2. The Bertz CT molecular complexity index is 655. The van der Waals surface area contributed by atoms with Crippen molar-refractivity contribution < 1.29 is 24.9 Å². The molecule has 2 rings (SSSR count). The van der Waals surface area contributed by atoms with Crippen molar-refractivity contribution in [1.82, 2.24) is 0 Å². The van der Waals surface area contributed by atoms with Gasteiger partial charge >= 0.3 is 5.97 Å². The van der Waals surface area contributed by atoms with E-state index in [2.05, 4.69) is 0 Å². The van der Waals surface area contributed by atoms with Crippen molar-refractivity contribution in [3.8, 4) is 0 Å². The van der Waals surface area contributed by atoms with Crippen LogP contribution in [-0.4, -0.2) is 33.2 Å². The van der Waals surface area contributed by atoms with Gasteiger partial charge in [-0.1, -0.05) is 55.1 Å². The molecule has 1 aliphatic carbocycles. The lowest BCUT2D eigenvalue weighted by Crippen LogP contribution is -2.19. The number of allylic oxidation sites excluding steroid dienone is 1. The summed E-state index contributed by atoms with van der Waals surface area (Å²) in [6, 6.07) is 6.87. The van der Waals surface area contributed by atoms with Crippen molar-refractivity contribution in [3.63, 3.8) is 0 Å². The van der Waals surface area contributed by atoms with Gasteiger partial charge in [-0.05, 0) is 36.5 Å². The first kappa shape index (κ1) is 21.6. The number of benzene rings is 1. The lowest BCUT2D eigenvalue weighted by Gasteiger charge is -2.19. The minimum absolute atomic E-state index is 0.00191. The van der Waals surface area contributed by atoms with Crippen LogP contribution in [0.5, 0.6) is 0 Å². The van der Waals surface area contributed by atoms with Crippen LogP contribution in [0.2, 0.25) is 5.02 Å². The zero-order valence-corrected chi connectivity index (χ0v) is 16.0. The second-order valence-electron chi connectivity index (χ2n) is 7.16. The molecule has 0 bridgehead atoms. The molecular weight excluding hydrogens is 368 g/mol. The SMILES string of the molecule is O=C(O)CCCCCC[C@H]1[C@@H](O)CC(=O)[C@@H]1/C=C/[C@@H](O)c1ccc(Cl)cc1. The normalized spacial score (nSPS) is 23.8. The molecule has 0 aliphatic heterocycles. The van der Waals surface area contributed by atoms with Crippen LogP contribution in [0.3, 0.4) is 0 Å². The molecule has 0 saturated heterocycles. The van der Waals surface area contributed by atoms with E-state index in [-0.39, 0.29) is 30.5 Å². The number of rotatable bonds is 10. The van der Waals surface area contributed by atoms with Crippen LogP contribution in [-0.2, 0) is 9.59 Å². The summed E-state index contributed by atoms with van der Waals surface area (Å²) in [5, 5.41) is 29.7. The van der Waals surface area contributed by atoms with Gasteiger partial charge in [-0.15, -0.1) is 0 Å². The molecule has 1 saturated carbocycles. The third-order valence-electron chi connectivity index (χ3n) is 5.13. The fraction of sp³-hybridized carbons (Fsp3) is 0.524. The molecule has 0 unspecified atom stereocenters. The van der Waals surface area contributed by atoms with Crippen LogP contribution in [0.25, 0.3) is 0 Å². The van der Waals surface area contributed by atoms with Crippen LogP contribution in [0.15, 0.2) is 36.4 Å². The Morgan fingerprint density at radius 2 is 1.85 bits per heavy atom. The van der Waals surface area contributed by atoms with Crippen molar-refractivity contribution in [1.29, 1.82) is 0 Å². The van der Waals surface area contributed by atoms with E-state index in [1.807, 2.05) is 0 Å². The van der Waals surface area contributed by atoms with Crippen LogP contribution < -0.4 is 0 Å². The quantitative estimate of drug-likeness (QED) is 0.413. The number of halogens is 1. The molecule has 0 amide bonds. The number of carbonyl (C=O) groups excluding carboxylic acids is 1. The Kier molecular flexibility index (Phi) is 8.48. The Hall–Kier alpha value is -1.69. The number of ketones is 1. The van der Waals surface area contributed by atoms with Gasteiger partial charge in [0.15, 0.2) is 0 Å². The van der Waals surface area contributed by atoms with E-state index in [1.54, 1.807) is 36.4 Å². The molecule has 148 valence electrons. The highest BCUT2D eigenvalue weighted by Crippen LogP contribution is 2.35. The van der Waals surface area contributed by atoms with Gasteiger partial charge in [0, 0.05) is 23.8 Å². The summed E-state index contributed by atoms with van der Waals surface area (Å²) < 4.78 is 0. The van der Waals surface area contributed by atoms with Crippen molar-refractivity contribution in [2.75, 3.05) is 0 Å². The van der Waals surface area contributed by atoms with Crippen molar-refractivity contribution in [2.24, 2.45) is 11.8 Å². The fourth-order valence-corrected chi connectivity index (χ4v) is 3.73. The molecule has 0 radical (unpaired) electrons. The first-order valence-corrected chi connectivity index (χ1v) is 9.80. The Balaban J connectivity index is 1.87. The number of Topliss-reactive ketones (excluding diaryl/α,β-unsaturated/α-hetero) is 1. The third-order valence-corrected chi connectivity index (χ3v) is 5.38. The zero-order valence-electron chi connectivity index (χ0n) is 15.3. The number of carboxylic acid groups (broad SMARTS) is 1. The first-order valence-electron chi connectivity index (χ1n) is 9.43. The monoisotopic (exact) mass is 394 g/mol. The van der Waals surface area contributed by atoms with Gasteiger partial charge in [0.05, 0.1) is 12.2 Å². The molecular formula is C21H27ClO5. The fourth-order valence-electron chi connectivity index (χ4n) is 3.60. The van der Waals surface area contributed by atoms with E-state index >= 15 is 0 Å². The predicted octanol–water partition coefficient (Wildman–Crippen LogP) is 3.92. The summed E-state index contributed by atoms with van der Waals surface area (Å²) in [4.78, 5) is 22.7. The van der Waals surface area contributed by atoms with Crippen molar-refractivity contribution >= 4 is 23.4 Å². The number of hydrogen-bond donors (Lipinski definition) is 3. The van der Waals surface area contributed by atoms with E-state index in [4.69, 9.17) is 16.7 Å². The predicted molar refractivity (Wildman–Crippen MR) is 104 cm³/mol. The van der Waals surface area contributed by atoms with Gasteiger partial charge in [-0.3, -0.25) is 9.59 Å². The van der Waals surface area contributed by atoms with Crippen LogP contribution >= 0.6 is 11.6 Å². The number of aliphatic carboxylic acids is 1. The Morgan fingerprint density at radius 3 is 2.52 bits per heavy atom. The van der Waals surface area contributed by atoms with Gasteiger partial charge in [0.1, 0.15) is 5.78 Å². The molecule has 3 N–H and O–H groups in total. The summed E-state index contributed by atoms with van der Waals surface area (Å²) in [7, 11) is 0. The Labute approximate surface area is 164 Å². The van der Waals surface area contributed by atoms with Crippen molar-refractivity contribution in [3.05, 3.63) is 47.0 Å². The number of carboxylic acids is 1. The second kappa shape index (κ2) is 10.6. The summed E-state index contributed by atoms with van der Waals surface area (Å²) >= 11 is 5.85. The number of unbranched alkanes of at least 4 members (excludes halogenated alkanes) is 3. The number of hydrogen-bond acceptors (Lipinski definition) is 4. The van der Waals surface area contributed by atoms with Crippen LogP contribution in [0.1, 0.15) is 56.6 Å². The summed E-state index contributed by atoms with van der Waals surface area (Å²) in [6.07, 6.45) is 6.09. The molecule has 5 nitrogen and oxygen atoms in total. The molecule has 0 heterocycles. The molecule has 0 spiro atoms. The molecule has 1 fully saturated rings. The molecule has 4 atom stereocenters. The molecule has 27 heavy (non-hydrogen) atoms. The summed E-state index contributed by atoms with van der Waals surface area (Å²) in [5.74, 6) is -1.32. The summed E-state index contributed by atoms with van der Waals surface area (Å²) in [6.45, 7) is 0. The number of aliphatic hydroxyl groups excluding tert-OH is 2. The third kappa shape index (κ3) is 6.76. The zero-order chi connectivity index (χ0) is 19.8. The molecule has 0 aromatic heterocycles. The average Bonchev–Trinajstić information content (AvgIpc) is 2.89. The lowest BCUT2D eigenvalue weighted by atomic mass is 9.88. The van der Waals surface area contributed by atoms with Gasteiger partial charge in [-0.25, -0.2) is 0 Å². The largest absolute Gasteiger partial charge is 0.481 e.